The smallest absolute Gasteiger partial charge is 0.240 e. The van der Waals surface area contributed by atoms with E-state index in [4.69, 9.17) is 0 Å². The largest absolute Gasteiger partial charge is 0.349 e. The van der Waals surface area contributed by atoms with Gasteiger partial charge in [0.2, 0.25) is 15.9 Å². The number of hydrogen-bond donors (Lipinski definition) is 2. The second kappa shape index (κ2) is 9.83. The van der Waals surface area contributed by atoms with Crippen LogP contribution < -0.4 is 10.0 Å². The van der Waals surface area contributed by atoms with Crippen LogP contribution >= 0.6 is 0 Å². The molecule has 2 aliphatic rings. The van der Waals surface area contributed by atoms with Gasteiger partial charge in [-0.2, -0.15) is 5.10 Å². The minimum absolute atomic E-state index is 0.0381. The first-order chi connectivity index (χ1) is 15.4. The van der Waals surface area contributed by atoms with Gasteiger partial charge in [-0.3, -0.25) is 9.48 Å². The van der Waals surface area contributed by atoms with Crippen LogP contribution in [0.15, 0.2) is 71.9 Å². The lowest BCUT2D eigenvalue weighted by atomic mass is 9.85. The molecule has 2 aromatic rings. The Bertz CT molecular complexity index is 1070. The number of carbonyl (C=O) groups is 1. The fourth-order valence-electron chi connectivity index (χ4n) is 4.38. The first-order valence-corrected chi connectivity index (χ1v) is 12.7. The summed E-state index contributed by atoms with van der Waals surface area (Å²) in [6, 6.07) is 11.6. The third-order valence-corrected chi connectivity index (χ3v) is 7.86. The Balaban J connectivity index is 1.26. The summed E-state index contributed by atoms with van der Waals surface area (Å²) >= 11 is 0. The van der Waals surface area contributed by atoms with E-state index in [1.165, 1.54) is 0 Å². The Morgan fingerprint density at radius 1 is 1.12 bits per heavy atom. The van der Waals surface area contributed by atoms with Gasteiger partial charge in [-0.1, -0.05) is 42.5 Å². The molecular formula is C24H30N4O3S. The molecule has 0 radical (unpaired) electrons. The van der Waals surface area contributed by atoms with E-state index in [2.05, 4.69) is 15.1 Å². The van der Waals surface area contributed by atoms with E-state index in [0.717, 1.165) is 5.56 Å². The van der Waals surface area contributed by atoms with Crippen LogP contribution in [0.1, 0.15) is 56.7 Å². The maximum atomic E-state index is 12.8. The number of carbonyl (C=O) groups excluding carboxylic acids is 1. The first kappa shape index (κ1) is 22.5. The first-order valence-electron chi connectivity index (χ1n) is 11.2. The summed E-state index contributed by atoms with van der Waals surface area (Å²) in [7, 11) is -3.57. The number of nitrogens with zero attached hydrogens (tertiary/aromatic N) is 2. The molecule has 1 unspecified atom stereocenters. The average Bonchev–Trinajstić information content (AvgIpc) is 3.35. The lowest BCUT2D eigenvalue weighted by molar-refractivity contribution is -0.126. The van der Waals surface area contributed by atoms with Crippen molar-refractivity contribution in [3.8, 4) is 0 Å². The van der Waals surface area contributed by atoms with Crippen LogP contribution in [0.4, 0.5) is 0 Å². The van der Waals surface area contributed by atoms with Gasteiger partial charge in [-0.25, -0.2) is 13.1 Å². The van der Waals surface area contributed by atoms with Crippen LogP contribution in [0.5, 0.6) is 0 Å². The molecule has 170 valence electrons. The molecule has 1 heterocycles. The molecule has 0 saturated heterocycles. The quantitative estimate of drug-likeness (QED) is 0.668. The molecular weight excluding hydrogens is 424 g/mol. The van der Waals surface area contributed by atoms with Crippen LogP contribution in [-0.2, 0) is 14.8 Å². The monoisotopic (exact) mass is 454 g/mol. The molecule has 8 heteroatoms. The highest BCUT2D eigenvalue weighted by atomic mass is 32.2. The zero-order valence-electron chi connectivity index (χ0n) is 18.2. The van der Waals surface area contributed by atoms with E-state index in [1.54, 1.807) is 18.3 Å². The summed E-state index contributed by atoms with van der Waals surface area (Å²) in [5.41, 5.74) is 1.07. The van der Waals surface area contributed by atoms with Gasteiger partial charge in [-0.05, 0) is 56.7 Å². The standard InChI is InChI=1S/C24H30N4O3S/c1-18(19-6-3-2-4-7-19)26-24(29)20-8-10-21(11-9-20)27-32(30,31)23-14-12-22(13-15-23)28-17-5-16-25-28/h2-7,12,14-18,20-22,27H,8-11,13H2,1H3,(H,26,29)/t18-,20?,21?,22?/m1/s1. The van der Waals surface area contributed by atoms with Crippen molar-refractivity contribution in [2.24, 2.45) is 5.92 Å². The van der Waals surface area contributed by atoms with Gasteiger partial charge in [0.15, 0.2) is 0 Å². The molecule has 2 aliphatic carbocycles. The predicted octanol–water partition coefficient (Wildman–Crippen LogP) is 3.62. The van der Waals surface area contributed by atoms with Crippen molar-refractivity contribution in [1.82, 2.24) is 19.8 Å². The summed E-state index contributed by atoms with van der Waals surface area (Å²) in [5.74, 6) is -0.0317. The summed E-state index contributed by atoms with van der Waals surface area (Å²) < 4.78 is 30.3. The lowest BCUT2D eigenvalue weighted by Gasteiger charge is -2.29. The fraction of sp³-hybridized carbons (Fsp3) is 0.417. The molecule has 0 spiro atoms. The van der Waals surface area contributed by atoms with Crippen molar-refractivity contribution < 1.29 is 13.2 Å². The molecule has 4 rings (SSSR count). The van der Waals surface area contributed by atoms with Gasteiger partial charge >= 0.3 is 0 Å². The molecule has 2 atom stereocenters. The highest BCUT2D eigenvalue weighted by Crippen LogP contribution is 2.28. The third kappa shape index (κ3) is 5.37. The molecule has 7 nitrogen and oxygen atoms in total. The zero-order chi connectivity index (χ0) is 22.6. The number of nitrogens with one attached hydrogen (secondary N) is 2. The fourth-order valence-corrected chi connectivity index (χ4v) is 5.76. The second-order valence-electron chi connectivity index (χ2n) is 8.57. The van der Waals surface area contributed by atoms with Crippen molar-refractivity contribution in [1.29, 1.82) is 0 Å². The van der Waals surface area contributed by atoms with E-state index in [-0.39, 0.29) is 30.0 Å². The molecule has 1 aromatic carbocycles. The summed E-state index contributed by atoms with van der Waals surface area (Å²) in [6.45, 7) is 1.98. The van der Waals surface area contributed by atoms with Crippen molar-refractivity contribution in [2.45, 2.75) is 57.2 Å². The van der Waals surface area contributed by atoms with Crippen molar-refractivity contribution >= 4 is 15.9 Å². The zero-order valence-corrected chi connectivity index (χ0v) is 19.0. The highest BCUT2D eigenvalue weighted by Gasteiger charge is 2.30. The van der Waals surface area contributed by atoms with E-state index in [1.807, 2.05) is 60.3 Å². The predicted molar refractivity (Wildman–Crippen MR) is 124 cm³/mol. The van der Waals surface area contributed by atoms with Gasteiger partial charge in [-0.15, -0.1) is 0 Å². The average molecular weight is 455 g/mol. The topological polar surface area (TPSA) is 93.1 Å². The van der Waals surface area contributed by atoms with E-state index >= 15 is 0 Å². The van der Waals surface area contributed by atoms with Gasteiger partial charge in [0.25, 0.3) is 0 Å². The maximum Gasteiger partial charge on any atom is 0.240 e. The number of sulfonamides is 1. The van der Waals surface area contributed by atoms with Crippen LogP contribution in [0.2, 0.25) is 0 Å². The molecule has 0 bridgehead atoms. The minimum atomic E-state index is -3.57. The molecule has 0 aliphatic heterocycles. The Hall–Kier alpha value is -2.71. The maximum absolute atomic E-state index is 12.8. The lowest BCUT2D eigenvalue weighted by Crippen LogP contribution is -2.41. The van der Waals surface area contributed by atoms with Gasteiger partial charge < -0.3 is 5.32 Å². The summed E-state index contributed by atoms with van der Waals surface area (Å²) in [4.78, 5) is 13.0. The van der Waals surface area contributed by atoms with Crippen molar-refractivity contribution in [2.75, 3.05) is 0 Å². The van der Waals surface area contributed by atoms with Crippen LogP contribution in [0.25, 0.3) is 0 Å². The molecule has 1 amide bonds. The highest BCUT2D eigenvalue weighted by molar-refractivity contribution is 7.93. The number of hydrogen-bond acceptors (Lipinski definition) is 4. The van der Waals surface area contributed by atoms with Crippen LogP contribution in [0.3, 0.4) is 0 Å². The number of amides is 1. The Morgan fingerprint density at radius 2 is 1.88 bits per heavy atom. The summed E-state index contributed by atoms with van der Waals surface area (Å²) in [5, 5.41) is 7.31. The second-order valence-corrected chi connectivity index (χ2v) is 10.3. The Labute approximate surface area is 189 Å². The van der Waals surface area contributed by atoms with Gasteiger partial charge in [0.05, 0.1) is 17.0 Å². The molecule has 1 fully saturated rings. The Kier molecular flexibility index (Phi) is 6.91. The van der Waals surface area contributed by atoms with E-state index < -0.39 is 10.0 Å². The SMILES string of the molecule is C[C@@H](NC(=O)C1CCC(NS(=O)(=O)C2=CCC(n3cccn3)C=C2)CC1)c1ccccc1. The van der Waals surface area contributed by atoms with Crippen molar-refractivity contribution in [3.63, 3.8) is 0 Å². The summed E-state index contributed by atoms with van der Waals surface area (Å²) in [6.07, 6.45) is 12.1. The number of allylic oxidation sites excluding steroid dienone is 3. The van der Waals surface area contributed by atoms with Crippen LogP contribution in [0, 0.1) is 5.92 Å². The van der Waals surface area contributed by atoms with Gasteiger partial charge in [0.1, 0.15) is 0 Å². The van der Waals surface area contributed by atoms with E-state index in [9.17, 15) is 13.2 Å². The normalized spacial score (nSPS) is 24.5. The minimum Gasteiger partial charge on any atom is -0.349 e. The number of aromatic nitrogens is 2. The molecule has 32 heavy (non-hydrogen) atoms. The number of rotatable bonds is 7. The van der Waals surface area contributed by atoms with Gasteiger partial charge in [0, 0.05) is 24.4 Å². The molecule has 2 N–H and O–H groups in total. The molecule has 1 saturated carbocycles. The molecule has 1 aromatic heterocycles. The third-order valence-electron chi connectivity index (χ3n) is 6.30. The number of benzene rings is 1. The van der Waals surface area contributed by atoms with Crippen molar-refractivity contribution in [3.05, 3.63) is 77.5 Å². The van der Waals surface area contributed by atoms with Crippen LogP contribution in [-0.4, -0.2) is 30.1 Å². The Morgan fingerprint density at radius 3 is 2.50 bits per heavy atom. The van der Waals surface area contributed by atoms with E-state index in [0.29, 0.717) is 37.0 Å².